The molecule has 1 spiro atoms. The maximum absolute atomic E-state index is 13.4. The minimum absolute atomic E-state index is 0.0283. The largest absolute Gasteiger partial charge is 0.508 e. The molecule has 0 bridgehead atoms. The molecule has 0 aromatic heterocycles. The number of ether oxygens (including phenoxy) is 3. The fourth-order valence-electron chi connectivity index (χ4n) is 5.66. The van der Waals surface area contributed by atoms with Crippen LogP contribution in [0.5, 0.6) is 23.0 Å². The van der Waals surface area contributed by atoms with Crippen LogP contribution in [-0.2, 0) is 15.1 Å². The Morgan fingerprint density at radius 1 is 0.946 bits per heavy atom. The van der Waals surface area contributed by atoms with E-state index in [4.69, 9.17) is 14.2 Å². The number of carbonyl (C=O) groups excluding carboxylic acids is 2. The van der Waals surface area contributed by atoms with Gasteiger partial charge in [0.15, 0.2) is 11.9 Å². The highest BCUT2D eigenvalue weighted by Gasteiger charge is 2.54. The van der Waals surface area contributed by atoms with Crippen LogP contribution < -0.4 is 4.74 Å². The summed E-state index contributed by atoms with van der Waals surface area (Å²) in [6.45, 7) is 1.82. The Bertz CT molecular complexity index is 1400. The average Bonchev–Trinajstić information content (AvgIpc) is 3.15. The second-order valence-corrected chi connectivity index (χ2v) is 9.65. The minimum Gasteiger partial charge on any atom is -0.508 e. The molecule has 37 heavy (non-hydrogen) atoms. The molecule has 3 aromatic carbocycles. The van der Waals surface area contributed by atoms with Crippen LogP contribution in [0.2, 0.25) is 0 Å². The van der Waals surface area contributed by atoms with E-state index in [1.54, 1.807) is 36.2 Å². The number of hydrogen-bond acceptors (Lipinski definition) is 8. The third kappa shape index (κ3) is 3.46. The molecule has 3 aliphatic rings. The number of likely N-dealkylation sites (N-methyl/N-ethyl adjacent to an activating group) is 1. The van der Waals surface area contributed by atoms with Gasteiger partial charge in [0.25, 0.3) is 5.91 Å². The van der Waals surface area contributed by atoms with E-state index in [9.17, 15) is 24.9 Å². The number of phenols is 2. The number of hydrogen-bond donors (Lipinski definition) is 3. The number of carbonyl (C=O) groups is 2. The Morgan fingerprint density at radius 3 is 2.19 bits per heavy atom. The van der Waals surface area contributed by atoms with Gasteiger partial charge in [0, 0.05) is 47.9 Å². The SMILES string of the molecule is CC1OC(O)CC[C@@H]1N(C)C(=O)c1ccc2c(c1)C(=O)OC21c2ccc(O)cc2Oc2cc(O)ccc21. The number of aromatic hydroxyl groups is 2. The number of aliphatic hydroxyl groups is 1. The highest BCUT2D eigenvalue weighted by molar-refractivity contribution is 6.01. The summed E-state index contributed by atoms with van der Waals surface area (Å²) in [5.41, 5.74) is 0.722. The zero-order valence-corrected chi connectivity index (χ0v) is 20.2. The van der Waals surface area contributed by atoms with E-state index in [-0.39, 0.29) is 46.6 Å². The van der Waals surface area contributed by atoms with Crippen LogP contribution in [0.1, 0.15) is 57.2 Å². The van der Waals surface area contributed by atoms with Crippen molar-refractivity contribution in [3.8, 4) is 23.0 Å². The molecule has 3 aliphatic heterocycles. The van der Waals surface area contributed by atoms with Crippen LogP contribution in [0.4, 0.5) is 0 Å². The first-order chi connectivity index (χ1) is 17.7. The molecule has 9 nitrogen and oxygen atoms in total. The number of amides is 1. The summed E-state index contributed by atoms with van der Waals surface area (Å²) < 4.78 is 17.5. The van der Waals surface area contributed by atoms with Crippen molar-refractivity contribution in [1.82, 2.24) is 4.90 Å². The molecule has 190 valence electrons. The summed E-state index contributed by atoms with van der Waals surface area (Å²) >= 11 is 0. The highest BCUT2D eigenvalue weighted by Crippen LogP contribution is 2.57. The molecule has 3 aromatic rings. The van der Waals surface area contributed by atoms with Gasteiger partial charge in [-0.15, -0.1) is 0 Å². The Kier molecular flexibility index (Phi) is 5.18. The summed E-state index contributed by atoms with van der Waals surface area (Å²) in [6.07, 6.45) is -0.163. The average molecular weight is 504 g/mol. The Morgan fingerprint density at radius 2 is 1.57 bits per heavy atom. The van der Waals surface area contributed by atoms with E-state index in [0.717, 1.165) is 0 Å². The van der Waals surface area contributed by atoms with Crippen LogP contribution in [-0.4, -0.2) is 57.6 Å². The van der Waals surface area contributed by atoms with Crippen molar-refractivity contribution in [3.63, 3.8) is 0 Å². The fourth-order valence-corrected chi connectivity index (χ4v) is 5.66. The second-order valence-electron chi connectivity index (χ2n) is 9.65. The molecular weight excluding hydrogens is 478 g/mol. The van der Waals surface area contributed by atoms with Gasteiger partial charge in [-0.1, -0.05) is 6.07 Å². The quantitative estimate of drug-likeness (QED) is 0.453. The molecule has 0 saturated carbocycles. The first-order valence-electron chi connectivity index (χ1n) is 12.0. The summed E-state index contributed by atoms with van der Waals surface area (Å²) in [6, 6.07) is 13.7. The van der Waals surface area contributed by atoms with Crippen molar-refractivity contribution in [2.45, 2.75) is 43.8 Å². The maximum atomic E-state index is 13.4. The van der Waals surface area contributed by atoms with Gasteiger partial charge in [-0.3, -0.25) is 4.79 Å². The van der Waals surface area contributed by atoms with Crippen LogP contribution >= 0.6 is 0 Å². The van der Waals surface area contributed by atoms with Crippen molar-refractivity contribution in [2.75, 3.05) is 7.05 Å². The van der Waals surface area contributed by atoms with E-state index in [0.29, 0.717) is 35.1 Å². The van der Waals surface area contributed by atoms with Crippen molar-refractivity contribution in [3.05, 3.63) is 82.4 Å². The smallest absolute Gasteiger partial charge is 0.340 e. The van der Waals surface area contributed by atoms with E-state index in [1.165, 1.54) is 30.3 Å². The molecule has 1 amide bonds. The lowest BCUT2D eigenvalue weighted by atomic mass is 9.77. The maximum Gasteiger partial charge on any atom is 0.340 e. The summed E-state index contributed by atoms with van der Waals surface area (Å²) in [5, 5.41) is 29.9. The predicted octanol–water partition coefficient (Wildman–Crippen LogP) is 3.62. The van der Waals surface area contributed by atoms with Gasteiger partial charge in [0.1, 0.15) is 23.0 Å². The lowest BCUT2D eigenvalue weighted by Crippen LogP contribution is -2.49. The molecule has 1 saturated heterocycles. The Balaban J connectivity index is 1.44. The van der Waals surface area contributed by atoms with Crippen LogP contribution in [0.3, 0.4) is 0 Å². The summed E-state index contributed by atoms with van der Waals surface area (Å²) in [5.74, 6) is -0.376. The first-order valence-corrected chi connectivity index (χ1v) is 12.0. The fraction of sp³-hybridized carbons (Fsp3) is 0.286. The standard InChI is InChI=1S/C28H25NO8/c1-14-22(9-10-25(32)35-14)29(2)26(33)15-3-6-19-18(11-15)27(34)37-28(19)20-7-4-16(30)12-23(20)36-24-13-17(31)5-8-21(24)28/h3-8,11-14,22,25,30-32H,9-10H2,1-2H3/t14?,22-,25?/m0/s1. The molecule has 6 rings (SSSR count). The van der Waals surface area contributed by atoms with Crippen molar-refractivity contribution < 1.29 is 39.1 Å². The molecule has 2 unspecified atom stereocenters. The second kappa shape index (κ2) is 8.22. The van der Waals surface area contributed by atoms with Crippen molar-refractivity contribution in [2.24, 2.45) is 0 Å². The monoisotopic (exact) mass is 503 g/mol. The first kappa shape index (κ1) is 23.3. The predicted molar refractivity (Wildman–Crippen MR) is 130 cm³/mol. The highest BCUT2D eigenvalue weighted by atomic mass is 16.6. The molecule has 3 N–H and O–H groups in total. The molecular formula is C28H25NO8. The topological polar surface area (TPSA) is 126 Å². The van der Waals surface area contributed by atoms with E-state index < -0.39 is 17.9 Å². The van der Waals surface area contributed by atoms with Gasteiger partial charge < -0.3 is 34.4 Å². The van der Waals surface area contributed by atoms with Gasteiger partial charge in [-0.05, 0) is 49.7 Å². The number of nitrogens with zero attached hydrogens (tertiary/aromatic N) is 1. The normalized spacial score (nSPS) is 22.9. The third-order valence-electron chi connectivity index (χ3n) is 7.46. The molecule has 1 fully saturated rings. The van der Waals surface area contributed by atoms with Gasteiger partial charge >= 0.3 is 5.97 Å². The van der Waals surface area contributed by atoms with E-state index in [2.05, 4.69) is 0 Å². The molecule has 0 radical (unpaired) electrons. The number of rotatable bonds is 2. The number of phenolic OH excluding ortho intramolecular Hbond substituents is 2. The van der Waals surface area contributed by atoms with Gasteiger partial charge in [0.2, 0.25) is 0 Å². The van der Waals surface area contributed by atoms with Gasteiger partial charge in [0.05, 0.1) is 17.7 Å². The van der Waals surface area contributed by atoms with E-state index >= 15 is 0 Å². The van der Waals surface area contributed by atoms with Crippen LogP contribution in [0.25, 0.3) is 0 Å². The Labute approximate surface area is 212 Å². The minimum atomic E-state index is -1.38. The van der Waals surface area contributed by atoms with Crippen molar-refractivity contribution in [1.29, 1.82) is 0 Å². The number of aliphatic hydroxyl groups excluding tert-OH is 1. The Hall–Kier alpha value is -4.08. The van der Waals surface area contributed by atoms with Crippen LogP contribution in [0, 0.1) is 0 Å². The van der Waals surface area contributed by atoms with Crippen LogP contribution in [0.15, 0.2) is 54.6 Å². The summed E-state index contributed by atoms with van der Waals surface area (Å²) in [4.78, 5) is 28.3. The van der Waals surface area contributed by atoms with E-state index in [1.807, 2.05) is 6.92 Å². The zero-order valence-electron chi connectivity index (χ0n) is 20.2. The van der Waals surface area contributed by atoms with Crippen molar-refractivity contribution >= 4 is 11.9 Å². The lowest BCUT2D eigenvalue weighted by Gasteiger charge is -2.38. The number of esters is 1. The molecule has 9 heteroatoms. The third-order valence-corrected chi connectivity index (χ3v) is 7.46. The number of fused-ring (bicyclic) bond motifs is 6. The summed E-state index contributed by atoms with van der Waals surface area (Å²) in [7, 11) is 1.68. The number of benzene rings is 3. The molecule has 0 aliphatic carbocycles. The zero-order chi connectivity index (χ0) is 26.1. The molecule has 3 atom stereocenters. The lowest BCUT2D eigenvalue weighted by molar-refractivity contribution is -0.175. The van der Waals surface area contributed by atoms with Gasteiger partial charge in [-0.2, -0.15) is 0 Å². The molecule has 3 heterocycles. The van der Waals surface area contributed by atoms with Gasteiger partial charge in [-0.25, -0.2) is 4.79 Å².